The van der Waals surface area contributed by atoms with Crippen LogP contribution in [0.2, 0.25) is 0 Å². The van der Waals surface area contributed by atoms with E-state index < -0.39 is 17.5 Å². The Kier molecular flexibility index (Phi) is 3.64. The van der Waals surface area contributed by atoms with Crippen molar-refractivity contribution >= 4 is 11.4 Å². The van der Waals surface area contributed by atoms with Crippen LogP contribution in [0.3, 0.4) is 0 Å². The first-order valence-corrected chi connectivity index (χ1v) is 5.67. The van der Waals surface area contributed by atoms with Gasteiger partial charge < -0.3 is 10.6 Å². The molecule has 0 radical (unpaired) electrons. The number of anilines is 2. The van der Waals surface area contributed by atoms with Crippen LogP contribution in [0.25, 0.3) is 0 Å². The van der Waals surface area contributed by atoms with E-state index in [1.807, 2.05) is 0 Å². The fraction of sp³-hybridized carbons (Fsp3) is 0.143. The summed E-state index contributed by atoms with van der Waals surface area (Å²) in [5.41, 5.74) is 6.67. The van der Waals surface area contributed by atoms with Gasteiger partial charge in [-0.15, -0.1) is 0 Å². The molecular weight excluding hydrogens is 253 g/mol. The van der Waals surface area contributed by atoms with Crippen molar-refractivity contribution < 1.29 is 13.2 Å². The minimum absolute atomic E-state index is 0.0741. The normalized spacial score (nSPS) is 10.5. The van der Waals surface area contributed by atoms with Gasteiger partial charge in [-0.2, -0.15) is 0 Å². The highest BCUT2D eigenvalue weighted by atomic mass is 19.2. The van der Waals surface area contributed by atoms with Gasteiger partial charge in [-0.1, -0.05) is 6.07 Å². The number of nitrogens with two attached hydrogens (primary N) is 1. The van der Waals surface area contributed by atoms with E-state index >= 15 is 0 Å². The van der Waals surface area contributed by atoms with Gasteiger partial charge in [-0.25, -0.2) is 13.2 Å². The first-order chi connectivity index (χ1) is 8.97. The van der Waals surface area contributed by atoms with E-state index in [0.717, 1.165) is 12.1 Å². The van der Waals surface area contributed by atoms with Gasteiger partial charge in [0.2, 0.25) is 0 Å². The lowest BCUT2D eigenvalue weighted by atomic mass is 10.2. The molecule has 0 atom stereocenters. The molecule has 5 heteroatoms. The van der Waals surface area contributed by atoms with Crippen LogP contribution in [0, 0.1) is 17.5 Å². The molecule has 0 aliphatic heterocycles. The number of halogens is 3. The second kappa shape index (κ2) is 5.22. The standard InChI is InChI=1S/C14H13F3N2/c1-19(10-3-5-14(18)13(17)7-10)8-9-2-4-11(15)12(16)6-9/h2-7H,8,18H2,1H3. The van der Waals surface area contributed by atoms with Crippen molar-refractivity contribution in [2.75, 3.05) is 17.7 Å². The summed E-state index contributed by atoms with van der Waals surface area (Å²) in [7, 11) is 1.73. The summed E-state index contributed by atoms with van der Waals surface area (Å²) >= 11 is 0. The predicted octanol–water partition coefficient (Wildman–Crippen LogP) is 3.32. The number of nitrogen functional groups attached to an aromatic ring is 1. The Hall–Kier alpha value is -2.17. The zero-order valence-electron chi connectivity index (χ0n) is 10.3. The maximum Gasteiger partial charge on any atom is 0.159 e. The molecule has 0 saturated heterocycles. The zero-order valence-corrected chi connectivity index (χ0v) is 10.3. The Morgan fingerprint density at radius 1 is 0.947 bits per heavy atom. The van der Waals surface area contributed by atoms with E-state index in [-0.39, 0.29) is 5.69 Å². The van der Waals surface area contributed by atoms with Gasteiger partial charge in [0, 0.05) is 19.3 Å². The van der Waals surface area contributed by atoms with Crippen molar-refractivity contribution in [1.29, 1.82) is 0 Å². The molecule has 0 bridgehead atoms. The minimum atomic E-state index is -0.894. The van der Waals surface area contributed by atoms with Crippen molar-refractivity contribution in [3.05, 3.63) is 59.4 Å². The molecule has 0 aliphatic carbocycles. The van der Waals surface area contributed by atoms with Gasteiger partial charge >= 0.3 is 0 Å². The third-order valence-electron chi connectivity index (χ3n) is 2.83. The van der Waals surface area contributed by atoms with Crippen LogP contribution < -0.4 is 10.6 Å². The molecule has 2 aromatic rings. The lowest BCUT2D eigenvalue weighted by Crippen LogP contribution is -2.16. The van der Waals surface area contributed by atoms with Crippen molar-refractivity contribution in [3.8, 4) is 0 Å². The van der Waals surface area contributed by atoms with Crippen molar-refractivity contribution in [2.45, 2.75) is 6.54 Å². The summed E-state index contributed by atoms with van der Waals surface area (Å²) in [6, 6.07) is 8.12. The monoisotopic (exact) mass is 266 g/mol. The van der Waals surface area contributed by atoms with Crippen LogP contribution in [0.4, 0.5) is 24.5 Å². The number of rotatable bonds is 3. The number of hydrogen-bond donors (Lipinski definition) is 1. The summed E-state index contributed by atoms with van der Waals surface area (Å²) < 4.78 is 39.2. The van der Waals surface area contributed by atoms with E-state index in [1.165, 1.54) is 18.2 Å². The van der Waals surface area contributed by atoms with Crippen LogP contribution in [0.5, 0.6) is 0 Å². The molecular formula is C14H13F3N2. The Morgan fingerprint density at radius 3 is 2.32 bits per heavy atom. The Bertz CT molecular complexity index is 599. The lowest BCUT2D eigenvalue weighted by Gasteiger charge is -2.19. The van der Waals surface area contributed by atoms with Crippen LogP contribution in [0.1, 0.15) is 5.56 Å². The molecule has 0 aliphatic rings. The van der Waals surface area contributed by atoms with Crippen molar-refractivity contribution in [1.82, 2.24) is 0 Å². The molecule has 2 aromatic carbocycles. The van der Waals surface area contributed by atoms with E-state index in [2.05, 4.69) is 0 Å². The number of nitrogens with zero attached hydrogens (tertiary/aromatic N) is 1. The number of hydrogen-bond acceptors (Lipinski definition) is 2. The highest BCUT2D eigenvalue weighted by Gasteiger charge is 2.08. The van der Waals surface area contributed by atoms with Gasteiger partial charge in [-0.05, 0) is 35.9 Å². The molecule has 0 spiro atoms. The molecule has 2 N–H and O–H groups in total. The molecule has 0 saturated carbocycles. The Morgan fingerprint density at radius 2 is 1.68 bits per heavy atom. The summed E-state index contributed by atoms with van der Waals surface area (Å²) in [5.74, 6) is -2.28. The maximum atomic E-state index is 13.3. The zero-order chi connectivity index (χ0) is 14.0. The molecule has 0 fully saturated rings. The minimum Gasteiger partial charge on any atom is -0.396 e. The van der Waals surface area contributed by atoms with Crippen LogP contribution in [-0.2, 0) is 6.54 Å². The molecule has 0 unspecified atom stereocenters. The highest BCUT2D eigenvalue weighted by Crippen LogP contribution is 2.21. The quantitative estimate of drug-likeness (QED) is 0.863. The molecule has 0 heterocycles. The van der Waals surface area contributed by atoms with Crippen molar-refractivity contribution in [3.63, 3.8) is 0 Å². The second-order valence-electron chi connectivity index (χ2n) is 4.31. The fourth-order valence-corrected chi connectivity index (χ4v) is 1.76. The molecule has 0 amide bonds. The summed E-state index contributed by atoms with van der Waals surface area (Å²) in [6.07, 6.45) is 0. The predicted molar refractivity (Wildman–Crippen MR) is 69.3 cm³/mol. The third kappa shape index (κ3) is 2.99. The SMILES string of the molecule is CN(Cc1ccc(F)c(F)c1)c1ccc(N)c(F)c1. The largest absolute Gasteiger partial charge is 0.396 e. The Labute approximate surface area is 109 Å². The van der Waals surface area contributed by atoms with Gasteiger partial charge in [0.25, 0.3) is 0 Å². The van der Waals surface area contributed by atoms with E-state index in [0.29, 0.717) is 17.8 Å². The fourth-order valence-electron chi connectivity index (χ4n) is 1.76. The van der Waals surface area contributed by atoms with Crippen LogP contribution in [0.15, 0.2) is 36.4 Å². The van der Waals surface area contributed by atoms with Gasteiger partial charge in [0.05, 0.1) is 5.69 Å². The first kappa shape index (κ1) is 13.3. The molecule has 2 nitrogen and oxygen atoms in total. The lowest BCUT2D eigenvalue weighted by molar-refractivity contribution is 0.507. The average molecular weight is 266 g/mol. The van der Waals surface area contributed by atoms with E-state index in [9.17, 15) is 13.2 Å². The molecule has 0 aromatic heterocycles. The topological polar surface area (TPSA) is 29.3 Å². The molecule has 19 heavy (non-hydrogen) atoms. The summed E-state index contributed by atoms with van der Waals surface area (Å²) in [6.45, 7) is 0.334. The highest BCUT2D eigenvalue weighted by molar-refractivity contribution is 5.54. The van der Waals surface area contributed by atoms with E-state index in [1.54, 1.807) is 18.0 Å². The first-order valence-electron chi connectivity index (χ1n) is 5.67. The Balaban J connectivity index is 2.17. The van der Waals surface area contributed by atoms with Crippen LogP contribution >= 0.6 is 0 Å². The smallest absolute Gasteiger partial charge is 0.159 e. The molecule has 2 rings (SSSR count). The average Bonchev–Trinajstić information content (AvgIpc) is 2.37. The number of benzene rings is 2. The van der Waals surface area contributed by atoms with Gasteiger partial charge in [0.15, 0.2) is 11.6 Å². The van der Waals surface area contributed by atoms with Gasteiger partial charge in [-0.3, -0.25) is 0 Å². The second-order valence-corrected chi connectivity index (χ2v) is 4.31. The summed E-state index contributed by atoms with van der Waals surface area (Å²) in [4.78, 5) is 1.72. The summed E-state index contributed by atoms with van der Waals surface area (Å²) in [5, 5.41) is 0. The van der Waals surface area contributed by atoms with Crippen LogP contribution in [-0.4, -0.2) is 7.05 Å². The maximum absolute atomic E-state index is 13.3. The third-order valence-corrected chi connectivity index (χ3v) is 2.83. The van der Waals surface area contributed by atoms with Crippen molar-refractivity contribution in [2.24, 2.45) is 0 Å². The van der Waals surface area contributed by atoms with E-state index in [4.69, 9.17) is 5.73 Å². The van der Waals surface area contributed by atoms with Gasteiger partial charge in [0.1, 0.15) is 5.82 Å². The molecule has 100 valence electrons.